The predicted molar refractivity (Wildman–Crippen MR) is 244 cm³/mol. The number of amides is 1. The molecule has 5 aromatic rings. The number of ether oxygens (including phenoxy) is 3. The van der Waals surface area contributed by atoms with Gasteiger partial charge in [-0.3, -0.25) is 0 Å². The number of nitrogens with one attached hydrogen (secondary N) is 2. The second-order valence-electron chi connectivity index (χ2n) is 15.8. The predicted octanol–water partition coefficient (Wildman–Crippen LogP) is 6.35. The Morgan fingerprint density at radius 1 is 0.823 bits per heavy atom. The van der Waals surface area contributed by atoms with Gasteiger partial charge in [0.15, 0.2) is 8.32 Å². The third-order valence-electron chi connectivity index (χ3n) is 10.4. The van der Waals surface area contributed by atoms with Crippen molar-refractivity contribution < 1.29 is 45.4 Å². The maximum atomic E-state index is 15.6. The van der Waals surface area contributed by atoms with Crippen molar-refractivity contribution in [2.24, 2.45) is 0 Å². The van der Waals surface area contributed by atoms with Gasteiger partial charge in [-0.2, -0.15) is 9.10 Å². The SMILES string of the molecule is COc1ccc(CN(Cc2ccc(OC)cc2)S(=O)(=O)c2c(S(=O)(=O)NC(CNC(=O)O)CO[Si](C)(C)C(C)(C)C)ccc(I)c2-c2nnn(Cc3ccc(OC)cc3)n2)cc1. The zero-order valence-electron chi connectivity index (χ0n) is 35.7. The summed E-state index contributed by atoms with van der Waals surface area (Å²) in [4.78, 5) is 11.7. The number of methoxy groups -OCH3 is 3. The van der Waals surface area contributed by atoms with E-state index in [0.717, 1.165) is 5.56 Å². The summed E-state index contributed by atoms with van der Waals surface area (Å²) in [6, 6.07) is 22.4. The fourth-order valence-electron chi connectivity index (χ4n) is 5.90. The fourth-order valence-corrected chi connectivity index (χ4v) is 11.5. The van der Waals surface area contributed by atoms with E-state index >= 15 is 8.42 Å². The number of halogens is 1. The first-order valence-corrected chi connectivity index (χ1v) is 26.2. The van der Waals surface area contributed by atoms with Crippen molar-refractivity contribution in [3.05, 3.63) is 105 Å². The number of carboxylic acid groups (broad SMARTS) is 1. The van der Waals surface area contributed by atoms with Gasteiger partial charge in [0, 0.05) is 23.2 Å². The highest BCUT2D eigenvalue weighted by atomic mass is 127. The van der Waals surface area contributed by atoms with Crippen LogP contribution in [0.25, 0.3) is 11.4 Å². The average molecular weight is 1020 g/mol. The lowest BCUT2D eigenvalue weighted by Gasteiger charge is -2.37. The first-order valence-electron chi connectivity index (χ1n) is 19.3. The van der Waals surface area contributed by atoms with Crippen LogP contribution in [0.3, 0.4) is 0 Å². The van der Waals surface area contributed by atoms with Crippen molar-refractivity contribution >= 4 is 57.0 Å². The smallest absolute Gasteiger partial charge is 0.404 e. The Labute approximate surface area is 377 Å². The lowest BCUT2D eigenvalue weighted by molar-refractivity contribution is 0.190. The van der Waals surface area contributed by atoms with E-state index in [4.69, 9.17) is 18.6 Å². The molecule has 0 aliphatic carbocycles. The molecule has 334 valence electrons. The standard InChI is InChI=1S/C41H52IN7O10S2Si/c1-41(2,3)62(7,8)59-27-31(23-43-40(50)51)46-60(52,53)36-22-21-35(42)37(39-44-47-49(45-39)26-30-13-19-34(58-6)20-14-30)38(36)61(54,55)48(24-28-9-15-32(56-4)16-10-28)25-29-11-17-33(57-5)18-12-29/h9-22,31,43,46H,23-27H2,1-8H3,(H,50,51). The van der Waals surface area contributed by atoms with E-state index < -0.39 is 50.3 Å². The van der Waals surface area contributed by atoms with Gasteiger partial charge in [-0.15, -0.1) is 10.2 Å². The molecule has 0 radical (unpaired) electrons. The monoisotopic (exact) mass is 1020 g/mol. The molecule has 1 unspecified atom stereocenters. The van der Waals surface area contributed by atoms with E-state index in [1.54, 1.807) is 67.8 Å². The van der Waals surface area contributed by atoms with Crippen molar-refractivity contribution in [2.45, 2.75) is 74.4 Å². The van der Waals surface area contributed by atoms with Crippen LogP contribution in [0.5, 0.6) is 17.2 Å². The maximum Gasteiger partial charge on any atom is 0.404 e. The first-order chi connectivity index (χ1) is 29.2. The van der Waals surface area contributed by atoms with E-state index in [1.165, 1.54) is 35.5 Å². The number of benzene rings is 4. The van der Waals surface area contributed by atoms with Gasteiger partial charge in [-0.25, -0.2) is 26.4 Å². The molecule has 0 bridgehead atoms. The fraction of sp³-hybridized carbons (Fsp3) is 0.366. The summed E-state index contributed by atoms with van der Waals surface area (Å²) in [7, 11) is -7.51. The maximum absolute atomic E-state index is 15.6. The number of aromatic nitrogens is 4. The molecule has 0 aliphatic heterocycles. The molecule has 1 amide bonds. The quantitative estimate of drug-likeness (QED) is 0.0574. The van der Waals surface area contributed by atoms with Gasteiger partial charge in [-0.1, -0.05) is 57.2 Å². The van der Waals surface area contributed by atoms with E-state index in [-0.39, 0.29) is 49.2 Å². The van der Waals surface area contributed by atoms with Crippen molar-refractivity contribution in [3.63, 3.8) is 0 Å². The summed E-state index contributed by atoms with van der Waals surface area (Å²) in [6.07, 6.45) is -1.38. The number of carbonyl (C=O) groups is 1. The van der Waals surface area contributed by atoms with Crippen molar-refractivity contribution in [1.29, 1.82) is 0 Å². The zero-order chi connectivity index (χ0) is 45.5. The average Bonchev–Trinajstić information content (AvgIpc) is 3.69. The second-order valence-corrected chi connectivity index (χ2v) is 25.3. The Morgan fingerprint density at radius 3 is 1.79 bits per heavy atom. The molecule has 0 aliphatic rings. The third kappa shape index (κ3) is 12.1. The highest BCUT2D eigenvalue weighted by molar-refractivity contribution is 14.1. The Hall–Kier alpha value is -4.65. The normalized spacial score (nSPS) is 12.9. The molecule has 0 saturated carbocycles. The Kier molecular flexibility index (Phi) is 15.8. The van der Waals surface area contributed by atoms with Gasteiger partial charge in [0.1, 0.15) is 27.0 Å². The van der Waals surface area contributed by atoms with E-state index in [9.17, 15) is 18.3 Å². The highest BCUT2D eigenvalue weighted by Crippen LogP contribution is 2.39. The molecule has 4 aromatic carbocycles. The van der Waals surface area contributed by atoms with Crippen molar-refractivity contribution in [1.82, 2.24) is 34.6 Å². The Balaban J connectivity index is 1.70. The summed E-state index contributed by atoms with van der Waals surface area (Å²) in [5, 5.41) is 24.6. The first kappa shape index (κ1) is 48.4. The number of hydrogen-bond donors (Lipinski definition) is 3. The highest BCUT2D eigenvalue weighted by Gasteiger charge is 2.40. The number of tetrazole rings is 1. The van der Waals surface area contributed by atoms with Gasteiger partial charge in [-0.05, 0) is 111 Å². The molecule has 1 atom stereocenters. The van der Waals surface area contributed by atoms with Crippen LogP contribution in [-0.4, -0.2) is 101 Å². The van der Waals surface area contributed by atoms with Crippen molar-refractivity contribution in [3.8, 4) is 28.6 Å². The Bertz CT molecular complexity index is 2490. The van der Waals surface area contributed by atoms with Crippen LogP contribution in [0, 0.1) is 3.57 Å². The van der Waals surface area contributed by atoms with Crippen LogP contribution in [0.1, 0.15) is 37.5 Å². The molecular formula is C41H52IN7O10S2Si. The van der Waals surface area contributed by atoms with Crippen LogP contribution in [0.15, 0.2) is 94.7 Å². The topological polar surface area (TPSA) is 213 Å². The van der Waals surface area contributed by atoms with E-state index in [1.807, 2.05) is 68.6 Å². The molecule has 17 nitrogen and oxygen atoms in total. The summed E-state index contributed by atoms with van der Waals surface area (Å²) in [5.74, 6) is 1.63. The number of rotatable bonds is 20. The largest absolute Gasteiger partial charge is 0.497 e. The molecular weight excluding hydrogens is 970 g/mol. The van der Waals surface area contributed by atoms with Gasteiger partial charge >= 0.3 is 6.09 Å². The minimum Gasteiger partial charge on any atom is -0.497 e. The van der Waals surface area contributed by atoms with E-state index in [2.05, 4.69) is 25.4 Å². The molecule has 1 aromatic heterocycles. The molecule has 5 rings (SSSR count). The Morgan fingerprint density at radius 2 is 1.32 bits per heavy atom. The lowest BCUT2D eigenvalue weighted by Crippen LogP contribution is -2.50. The van der Waals surface area contributed by atoms with Gasteiger partial charge in [0.2, 0.25) is 25.9 Å². The molecule has 21 heteroatoms. The van der Waals surface area contributed by atoms with Crippen LogP contribution < -0.4 is 24.2 Å². The molecule has 0 saturated heterocycles. The summed E-state index contributed by atoms with van der Waals surface area (Å²) >= 11 is 1.93. The summed E-state index contributed by atoms with van der Waals surface area (Å²) in [5.41, 5.74) is 1.87. The van der Waals surface area contributed by atoms with Crippen molar-refractivity contribution in [2.75, 3.05) is 34.5 Å². The van der Waals surface area contributed by atoms with Crippen LogP contribution in [0.2, 0.25) is 18.1 Å². The van der Waals surface area contributed by atoms with Crippen LogP contribution in [-0.2, 0) is 44.1 Å². The third-order valence-corrected chi connectivity index (χ3v) is 19.4. The van der Waals surface area contributed by atoms with Crippen LogP contribution >= 0.6 is 22.6 Å². The van der Waals surface area contributed by atoms with Gasteiger partial charge in [0.25, 0.3) is 0 Å². The zero-order valence-corrected chi connectivity index (χ0v) is 40.5. The number of hydrogen-bond acceptors (Lipinski definition) is 12. The molecule has 62 heavy (non-hydrogen) atoms. The van der Waals surface area contributed by atoms with Gasteiger partial charge < -0.3 is 29.1 Å². The molecule has 0 fully saturated rings. The number of sulfonamides is 2. The minimum absolute atomic E-state index is 0.0957. The van der Waals surface area contributed by atoms with Crippen LogP contribution in [0.4, 0.5) is 4.79 Å². The van der Waals surface area contributed by atoms with E-state index in [0.29, 0.717) is 31.9 Å². The number of nitrogens with zero attached hydrogens (tertiary/aromatic N) is 5. The molecule has 0 spiro atoms. The molecule has 1 heterocycles. The lowest BCUT2D eigenvalue weighted by atomic mass is 10.2. The molecule has 3 N–H and O–H groups in total. The minimum atomic E-state index is -4.84. The summed E-state index contributed by atoms with van der Waals surface area (Å²) in [6.45, 7) is 9.24. The van der Waals surface area contributed by atoms with Gasteiger partial charge in [0.05, 0.1) is 46.1 Å². The summed E-state index contributed by atoms with van der Waals surface area (Å²) < 4.78 is 87.2. The second kappa shape index (κ2) is 20.2.